The minimum Gasteiger partial charge on any atom is -0.398 e. The van der Waals surface area contributed by atoms with Crippen molar-refractivity contribution < 1.29 is 8.42 Å². The number of hydrogen-bond acceptors (Lipinski definition) is 4. The van der Waals surface area contributed by atoms with Gasteiger partial charge in [-0.2, -0.15) is 0 Å². The first kappa shape index (κ1) is 14.5. The lowest BCUT2D eigenvalue weighted by Crippen LogP contribution is -2.22. The number of nitrogens with one attached hydrogen (secondary N) is 1. The van der Waals surface area contributed by atoms with Crippen molar-refractivity contribution in [1.82, 2.24) is 4.72 Å². The van der Waals surface area contributed by atoms with Crippen LogP contribution in [0.4, 0.5) is 5.69 Å². The predicted octanol–water partition coefficient (Wildman–Crippen LogP) is 2.88. The summed E-state index contributed by atoms with van der Waals surface area (Å²) in [6.45, 7) is 2.28. The van der Waals surface area contributed by atoms with E-state index in [4.69, 9.17) is 5.73 Å². The van der Waals surface area contributed by atoms with Gasteiger partial charge in [0.2, 0.25) is 10.0 Å². The third kappa shape index (κ3) is 3.56. The summed E-state index contributed by atoms with van der Waals surface area (Å²) in [5, 5.41) is 0. The quantitative estimate of drug-likeness (QED) is 0.823. The Morgan fingerprint density at radius 1 is 1.32 bits per heavy atom. The van der Waals surface area contributed by atoms with Gasteiger partial charge in [0.05, 0.1) is 4.90 Å². The number of hydrogen-bond donors (Lipinski definition) is 2. The molecule has 3 N–H and O–H groups in total. The number of sulfonamides is 1. The minimum atomic E-state index is -3.52. The molecule has 0 aliphatic heterocycles. The first-order chi connectivity index (χ1) is 8.88. The molecule has 2 rings (SSSR count). The number of rotatable bonds is 4. The highest BCUT2D eigenvalue weighted by atomic mass is 79.9. The molecule has 7 heteroatoms. The Labute approximate surface area is 124 Å². The molecule has 0 bridgehead atoms. The van der Waals surface area contributed by atoms with Crippen molar-refractivity contribution in [3.63, 3.8) is 0 Å². The number of anilines is 1. The second-order valence-electron chi connectivity index (χ2n) is 4.02. The van der Waals surface area contributed by atoms with Crippen LogP contribution in [0.1, 0.15) is 9.75 Å². The molecule has 0 aliphatic carbocycles. The number of nitrogens with two attached hydrogens (primary N) is 1. The van der Waals surface area contributed by atoms with Crippen molar-refractivity contribution >= 4 is 43.0 Å². The highest BCUT2D eigenvalue weighted by Crippen LogP contribution is 2.23. The first-order valence-corrected chi connectivity index (χ1v) is 8.58. The molecule has 0 spiro atoms. The summed E-state index contributed by atoms with van der Waals surface area (Å²) in [6, 6.07) is 8.43. The SMILES string of the molecule is Cc1ccc(CNS(=O)(=O)c2ccc(N)c(Br)c2)s1. The first-order valence-electron chi connectivity index (χ1n) is 5.48. The van der Waals surface area contributed by atoms with Crippen LogP contribution in [-0.4, -0.2) is 8.42 Å². The molecule has 0 saturated carbocycles. The molecule has 2 aromatic rings. The van der Waals surface area contributed by atoms with Gasteiger partial charge in [0.15, 0.2) is 0 Å². The fourth-order valence-electron chi connectivity index (χ4n) is 1.50. The van der Waals surface area contributed by atoms with E-state index in [1.807, 2.05) is 19.1 Å². The van der Waals surface area contributed by atoms with Crippen LogP contribution in [0, 0.1) is 6.92 Å². The molecule has 19 heavy (non-hydrogen) atoms. The lowest BCUT2D eigenvalue weighted by Gasteiger charge is -2.07. The summed E-state index contributed by atoms with van der Waals surface area (Å²) in [4.78, 5) is 2.34. The van der Waals surface area contributed by atoms with Crippen LogP contribution in [0.25, 0.3) is 0 Å². The Balaban J connectivity index is 2.16. The predicted molar refractivity (Wildman–Crippen MR) is 81.6 cm³/mol. The zero-order valence-corrected chi connectivity index (χ0v) is 13.4. The van der Waals surface area contributed by atoms with Crippen molar-refractivity contribution in [2.24, 2.45) is 0 Å². The monoisotopic (exact) mass is 360 g/mol. The molecule has 102 valence electrons. The Bertz CT molecular complexity index is 696. The summed E-state index contributed by atoms with van der Waals surface area (Å²) in [6.07, 6.45) is 0. The number of benzene rings is 1. The van der Waals surface area contributed by atoms with Crippen LogP contribution in [0.5, 0.6) is 0 Å². The van der Waals surface area contributed by atoms with Gasteiger partial charge in [0.25, 0.3) is 0 Å². The summed E-state index contributed by atoms with van der Waals surface area (Å²) < 4.78 is 27.4. The van der Waals surface area contributed by atoms with Gasteiger partial charge in [-0.05, 0) is 53.2 Å². The lowest BCUT2D eigenvalue weighted by atomic mass is 10.3. The molecule has 0 radical (unpaired) electrons. The van der Waals surface area contributed by atoms with E-state index >= 15 is 0 Å². The fourth-order valence-corrected chi connectivity index (χ4v) is 3.99. The number of nitrogen functional groups attached to an aromatic ring is 1. The second-order valence-corrected chi connectivity index (χ2v) is 8.01. The molecule has 4 nitrogen and oxygen atoms in total. The van der Waals surface area contributed by atoms with Crippen LogP contribution in [0.3, 0.4) is 0 Å². The highest BCUT2D eigenvalue weighted by Gasteiger charge is 2.15. The average Bonchev–Trinajstić information content (AvgIpc) is 2.76. The maximum atomic E-state index is 12.1. The number of thiophene rings is 1. The van der Waals surface area contributed by atoms with Gasteiger partial charge < -0.3 is 5.73 Å². The van der Waals surface area contributed by atoms with Gasteiger partial charge in [-0.15, -0.1) is 11.3 Å². The minimum absolute atomic E-state index is 0.196. The van der Waals surface area contributed by atoms with Gasteiger partial charge in [0.1, 0.15) is 0 Å². The van der Waals surface area contributed by atoms with Gasteiger partial charge in [-0.1, -0.05) is 0 Å². The Morgan fingerprint density at radius 2 is 2.05 bits per heavy atom. The molecule has 1 aromatic heterocycles. The van der Waals surface area contributed by atoms with Crippen LogP contribution >= 0.6 is 27.3 Å². The van der Waals surface area contributed by atoms with E-state index in [0.29, 0.717) is 16.7 Å². The number of halogens is 1. The molecule has 0 amide bonds. The van der Waals surface area contributed by atoms with E-state index in [0.717, 1.165) is 9.75 Å². The average molecular weight is 361 g/mol. The molecule has 1 heterocycles. The van der Waals surface area contributed by atoms with E-state index in [1.54, 1.807) is 17.4 Å². The topological polar surface area (TPSA) is 72.2 Å². The van der Waals surface area contributed by atoms with Crippen molar-refractivity contribution in [3.8, 4) is 0 Å². The van der Waals surface area contributed by atoms with E-state index in [1.165, 1.54) is 12.1 Å². The van der Waals surface area contributed by atoms with Gasteiger partial charge in [-0.25, -0.2) is 13.1 Å². The molecular weight excluding hydrogens is 348 g/mol. The fraction of sp³-hybridized carbons (Fsp3) is 0.167. The second kappa shape index (κ2) is 5.62. The summed E-state index contributed by atoms with van der Waals surface area (Å²) in [7, 11) is -3.52. The van der Waals surface area contributed by atoms with Crippen molar-refractivity contribution in [1.29, 1.82) is 0 Å². The van der Waals surface area contributed by atoms with Gasteiger partial charge >= 0.3 is 0 Å². The maximum Gasteiger partial charge on any atom is 0.240 e. The zero-order chi connectivity index (χ0) is 14.0. The van der Waals surface area contributed by atoms with E-state index in [-0.39, 0.29) is 4.90 Å². The third-order valence-electron chi connectivity index (χ3n) is 2.51. The Hall–Kier alpha value is -0.890. The zero-order valence-electron chi connectivity index (χ0n) is 10.2. The Kier molecular flexibility index (Phi) is 4.29. The van der Waals surface area contributed by atoms with E-state index in [9.17, 15) is 8.42 Å². The van der Waals surface area contributed by atoms with E-state index in [2.05, 4.69) is 20.7 Å². The largest absolute Gasteiger partial charge is 0.398 e. The molecule has 0 fully saturated rings. The smallest absolute Gasteiger partial charge is 0.240 e. The van der Waals surface area contributed by atoms with Crippen LogP contribution in [-0.2, 0) is 16.6 Å². The van der Waals surface area contributed by atoms with Gasteiger partial charge in [-0.3, -0.25) is 0 Å². The van der Waals surface area contributed by atoms with Crippen molar-refractivity contribution in [3.05, 3.63) is 44.6 Å². The summed E-state index contributed by atoms with van der Waals surface area (Å²) >= 11 is 4.80. The summed E-state index contributed by atoms with van der Waals surface area (Å²) in [5.41, 5.74) is 6.15. The van der Waals surface area contributed by atoms with Crippen LogP contribution < -0.4 is 10.5 Å². The lowest BCUT2D eigenvalue weighted by molar-refractivity contribution is 0.582. The summed E-state index contributed by atoms with van der Waals surface area (Å²) in [5.74, 6) is 0. The molecule has 0 aliphatic rings. The normalized spacial score (nSPS) is 11.7. The molecule has 1 aromatic carbocycles. The maximum absolute atomic E-state index is 12.1. The standard InChI is InChI=1S/C12H13BrN2O2S2/c1-8-2-3-9(18-8)7-15-19(16,17)10-4-5-12(14)11(13)6-10/h2-6,15H,7,14H2,1H3. The van der Waals surface area contributed by atoms with Crippen LogP contribution in [0.2, 0.25) is 0 Å². The molecule has 0 unspecified atom stereocenters. The molecule has 0 atom stereocenters. The van der Waals surface area contributed by atoms with Crippen LogP contribution in [0.15, 0.2) is 39.7 Å². The number of aryl methyl sites for hydroxylation is 1. The third-order valence-corrected chi connectivity index (χ3v) is 5.60. The van der Waals surface area contributed by atoms with Crippen molar-refractivity contribution in [2.45, 2.75) is 18.4 Å². The Morgan fingerprint density at radius 3 is 2.63 bits per heavy atom. The molecule has 0 saturated heterocycles. The van der Waals surface area contributed by atoms with Gasteiger partial charge in [0, 0.05) is 26.5 Å². The molecular formula is C12H13BrN2O2S2. The van der Waals surface area contributed by atoms with E-state index < -0.39 is 10.0 Å². The highest BCUT2D eigenvalue weighted by molar-refractivity contribution is 9.10. The van der Waals surface area contributed by atoms with Crippen molar-refractivity contribution in [2.75, 3.05) is 5.73 Å².